The molecule has 6 N–H and O–H groups in total. The highest BCUT2D eigenvalue weighted by Gasteiger charge is 2.39. The highest BCUT2D eigenvalue weighted by Crippen LogP contribution is 2.51. The van der Waals surface area contributed by atoms with Gasteiger partial charge in [0.1, 0.15) is 0 Å². The van der Waals surface area contributed by atoms with Crippen molar-refractivity contribution in [1.29, 1.82) is 0 Å². The van der Waals surface area contributed by atoms with Crippen molar-refractivity contribution in [2.45, 2.75) is 19.8 Å². The molecule has 62 valence electrons. The molecule has 1 rings (SSSR count). The van der Waals surface area contributed by atoms with Gasteiger partial charge in [0.25, 0.3) is 0 Å². The van der Waals surface area contributed by atoms with Gasteiger partial charge in [-0.05, 0) is 36.1 Å². The van der Waals surface area contributed by atoms with Crippen LogP contribution in [0.4, 0.5) is 0 Å². The molecule has 0 spiro atoms. The minimum atomic E-state index is 0.249. The monoisotopic (exact) mass is 153 g/mol. The Morgan fingerprint density at radius 2 is 1.91 bits per heavy atom. The van der Waals surface area contributed by atoms with Crippen LogP contribution in [0.25, 0.3) is 0 Å². The van der Waals surface area contributed by atoms with Gasteiger partial charge < -0.3 is 17.2 Å². The van der Waals surface area contributed by atoms with E-state index in [0.29, 0.717) is 5.82 Å². The molecular weight excluding hydrogens is 138 g/mol. The Labute approximate surface area is 66.9 Å². The lowest BCUT2D eigenvalue weighted by atomic mass is 9.99. The Morgan fingerprint density at radius 1 is 1.36 bits per heavy atom. The number of nitrogens with two attached hydrogens (primary N) is 3. The molecule has 0 amide bonds. The summed E-state index contributed by atoms with van der Waals surface area (Å²) in [6, 6.07) is 0. The van der Waals surface area contributed by atoms with E-state index >= 15 is 0 Å². The third-order valence-corrected chi connectivity index (χ3v) is 2.20. The maximum absolute atomic E-state index is 5.43. The van der Waals surface area contributed by atoms with E-state index in [0.717, 1.165) is 5.57 Å². The van der Waals surface area contributed by atoms with Gasteiger partial charge in [-0.2, -0.15) is 0 Å². The van der Waals surface area contributed by atoms with Gasteiger partial charge in [-0.3, -0.25) is 0 Å². The van der Waals surface area contributed by atoms with Gasteiger partial charge in [0.05, 0.1) is 5.82 Å². The molecule has 11 heavy (non-hydrogen) atoms. The summed E-state index contributed by atoms with van der Waals surface area (Å²) in [7, 11) is 0. The molecule has 1 aliphatic rings. The van der Waals surface area contributed by atoms with Crippen LogP contribution in [0.3, 0.4) is 0 Å². The number of rotatable bonds is 2. The van der Waals surface area contributed by atoms with Crippen LogP contribution in [0.1, 0.15) is 19.8 Å². The zero-order valence-electron chi connectivity index (χ0n) is 6.80. The molecule has 1 saturated carbocycles. The summed E-state index contributed by atoms with van der Waals surface area (Å²) in [6.45, 7) is 2.16. The van der Waals surface area contributed by atoms with Crippen LogP contribution >= 0.6 is 0 Å². The molecule has 1 fully saturated rings. The first-order chi connectivity index (χ1) is 5.08. The van der Waals surface area contributed by atoms with Crippen molar-refractivity contribution in [3.05, 3.63) is 23.7 Å². The first-order valence-electron chi connectivity index (χ1n) is 3.73. The molecule has 3 heteroatoms. The van der Waals surface area contributed by atoms with Gasteiger partial charge in [0.15, 0.2) is 0 Å². The van der Waals surface area contributed by atoms with E-state index in [1.807, 2.05) is 0 Å². The highest BCUT2D eigenvalue weighted by atomic mass is 14.8. The molecule has 0 aliphatic heterocycles. The average Bonchev–Trinajstić information content (AvgIpc) is 2.63. The van der Waals surface area contributed by atoms with E-state index in [1.165, 1.54) is 12.8 Å². The van der Waals surface area contributed by atoms with Crippen LogP contribution in [0.15, 0.2) is 23.7 Å². The fourth-order valence-corrected chi connectivity index (χ4v) is 1.08. The number of allylic oxidation sites excluding steroid dienone is 2. The Morgan fingerprint density at radius 3 is 2.18 bits per heavy atom. The van der Waals surface area contributed by atoms with E-state index in [1.54, 1.807) is 12.3 Å². The molecule has 0 aromatic rings. The Kier molecular flexibility index (Phi) is 1.81. The zero-order chi connectivity index (χ0) is 8.48. The molecule has 0 aromatic heterocycles. The van der Waals surface area contributed by atoms with Gasteiger partial charge in [-0.25, -0.2) is 0 Å². The summed E-state index contributed by atoms with van der Waals surface area (Å²) < 4.78 is 0. The van der Waals surface area contributed by atoms with Crippen molar-refractivity contribution < 1.29 is 0 Å². The fraction of sp³-hybridized carbons (Fsp3) is 0.500. The second-order valence-corrected chi connectivity index (χ2v) is 3.33. The van der Waals surface area contributed by atoms with Crippen LogP contribution in [-0.2, 0) is 0 Å². The van der Waals surface area contributed by atoms with Crippen molar-refractivity contribution in [2.24, 2.45) is 22.6 Å². The molecule has 1 aliphatic carbocycles. The normalized spacial score (nSPS) is 21.0. The predicted octanol–water partition coefficient (Wildman–Crippen LogP) is 0.388. The molecule has 0 unspecified atom stereocenters. The third-order valence-electron chi connectivity index (χ3n) is 2.20. The second-order valence-electron chi connectivity index (χ2n) is 3.33. The molecule has 0 aromatic carbocycles. The summed E-state index contributed by atoms with van der Waals surface area (Å²) in [5, 5.41) is 0. The van der Waals surface area contributed by atoms with E-state index in [-0.39, 0.29) is 5.41 Å². The number of hydrogen-bond acceptors (Lipinski definition) is 3. The maximum atomic E-state index is 5.43. The summed E-state index contributed by atoms with van der Waals surface area (Å²) in [5.74, 6) is 0.329. The van der Waals surface area contributed by atoms with Crippen molar-refractivity contribution >= 4 is 0 Å². The van der Waals surface area contributed by atoms with Crippen molar-refractivity contribution in [3.8, 4) is 0 Å². The minimum absolute atomic E-state index is 0.249. The van der Waals surface area contributed by atoms with Crippen molar-refractivity contribution in [2.75, 3.05) is 0 Å². The lowest BCUT2D eigenvalue weighted by Gasteiger charge is -2.08. The molecule has 3 nitrogen and oxygen atoms in total. The lowest BCUT2D eigenvalue weighted by Crippen LogP contribution is -2.10. The van der Waals surface area contributed by atoms with Crippen molar-refractivity contribution in [1.82, 2.24) is 0 Å². The van der Waals surface area contributed by atoms with E-state index in [4.69, 9.17) is 17.2 Å². The lowest BCUT2D eigenvalue weighted by molar-refractivity contribution is 0.704. The molecule has 0 heterocycles. The van der Waals surface area contributed by atoms with Gasteiger partial charge in [-0.1, -0.05) is 6.92 Å². The van der Waals surface area contributed by atoms with Gasteiger partial charge in [0.2, 0.25) is 0 Å². The quantitative estimate of drug-likeness (QED) is 0.502. The summed E-state index contributed by atoms with van der Waals surface area (Å²) in [5.41, 5.74) is 17.4. The van der Waals surface area contributed by atoms with Crippen LogP contribution in [-0.4, -0.2) is 0 Å². The minimum Gasteiger partial charge on any atom is -0.404 e. The average molecular weight is 153 g/mol. The standard InChI is InChI=1S/C8H15N3/c1-8(2-3-8)6(5-9)4-7(10)11/h4-5H,2-3,9-11H2,1H3/b6-5+. The maximum Gasteiger partial charge on any atom is 0.0937 e. The topological polar surface area (TPSA) is 78.1 Å². The SMILES string of the molecule is CC1(/C(C=C(N)N)=C/N)CC1. The molecule has 0 saturated heterocycles. The van der Waals surface area contributed by atoms with E-state index < -0.39 is 0 Å². The first kappa shape index (κ1) is 7.98. The van der Waals surface area contributed by atoms with Crippen LogP contribution in [0, 0.1) is 5.41 Å². The summed E-state index contributed by atoms with van der Waals surface area (Å²) in [6.07, 6.45) is 5.69. The molecule has 0 radical (unpaired) electrons. The molecule has 0 atom stereocenters. The van der Waals surface area contributed by atoms with Gasteiger partial charge in [-0.15, -0.1) is 0 Å². The molecular formula is C8H15N3. The zero-order valence-corrected chi connectivity index (χ0v) is 6.80. The predicted molar refractivity (Wildman–Crippen MR) is 46.1 cm³/mol. The van der Waals surface area contributed by atoms with Crippen LogP contribution in [0.2, 0.25) is 0 Å². The summed E-state index contributed by atoms with van der Waals surface area (Å²) >= 11 is 0. The number of hydrogen-bond donors (Lipinski definition) is 3. The third kappa shape index (κ3) is 1.67. The smallest absolute Gasteiger partial charge is 0.0937 e. The first-order valence-corrected chi connectivity index (χ1v) is 3.73. The Balaban J connectivity index is 2.74. The van der Waals surface area contributed by atoms with Gasteiger partial charge >= 0.3 is 0 Å². The van der Waals surface area contributed by atoms with E-state index in [2.05, 4.69) is 6.92 Å². The largest absolute Gasteiger partial charge is 0.404 e. The highest BCUT2D eigenvalue weighted by molar-refractivity contribution is 5.31. The molecule has 0 bridgehead atoms. The Hall–Kier alpha value is -1.12. The second kappa shape index (κ2) is 2.49. The van der Waals surface area contributed by atoms with Crippen LogP contribution in [0.5, 0.6) is 0 Å². The summed E-state index contributed by atoms with van der Waals surface area (Å²) in [4.78, 5) is 0. The Bertz CT molecular complexity index is 207. The van der Waals surface area contributed by atoms with Crippen LogP contribution < -0.4 is 17.2 Å². The fourth-order valence-electron chi connectivity index (χ4n) is 1.08. The van der Waals surface area contributed by atoms with Crippen molar-refractivity contribution in [3.63, 3.8) is 0 Å². The van der Waals surface area contributed by atoms with Gasteiger partial charge in [0, 0.05) is 0 Å². The van der Waals surface area contributed by atoms with E-state index in [9.17, 15) is 0 Å².